The zero-order valence-corrected chi connectivity index (χ0v) is 19.1. The smallest absolute Gasteiger partial charge is 0.196 e. The molecule has 1 aliphatic heterocycles. The summed E-state index contributed by atoms with van der Waals surface area (Å²) in [6.45, 7) is 1.53. The summed E-state index contributed by atoms with van der Waals surface area (Å²) >= 11 is 0. The van der Waals surface area contributed by atoms with Gasteiger partial charge in [-0.1, -0.05) is 0 Å². The van der Waals surface area contributed by atoms with Crippen LogP contribution in [0, 0.1) is 17.1 Å². The summed E-state index contributed by atoms with van der Waals surface area (Å²) in [6.07, 6.45) is 1.72. The van der Waals surface area contributed by atoms with E-state index in [2.05, 4.69) is 26.2 Å². The lowest BCUT2D eigenvalue weighted by atomic mass is 9.97. The van der Waals surface area contributed by atoms with Crippen molar-refractivity contribution in [2.24, 2.45) is 5.73 Å². The third-order valence-corrected chi connectivity index (χ3v) is 5.74. The maximum Gasteiger partial charge on any atom is 0.196 e. The lowest BCUT2D eigenvalue weighted by molar-refractivity contribution is 0.466. The maximum absolute atomic E-state index is 14.7. The first-order chi connectivity index (χ1) is 15.5. The SMILES string of the molecule is Br.N#Cc1c(-c2ccc(O)cc2F)nc2n[nH]c(N)c2c1-c1ccc(N2CCC(N)CC2)o1. The third kappa shape index (κ3) is 3.88. The molecule has 1 fully saturated rings. The van der Waals surface area contributed by atoms with Crippen molar-refractivity contribution in [3.63, 3.8) is 0 Å². The highest BCUT2D eigenvalue weighted by atomic mass is 79.9. The number of furan rings is 1. The van der Waals surface area contributed by atoms with Gasteiger partial charge in [-0.05, 0) is 31.0 Å². The average Bonchev–Trinajstić information content (AvgIpc) is 3.40. The number of pyridine rings is 1. The average molecular weight is 514 g/mol. The maximum atomic E-state index is 14.7. The van der Waals surface area contributed by atoms with Crippen LogP contribution in [-0.4, -0.2) is 39.4 Å². The van der Waals surface area contributed by atoms with Crippen molar-refractivity contribution in [1.82, 2.24) is 15.2 Å². The van der Waals surface area contributed by atoms with E-state index < -0.39 is 5.82 Å². The summed E-state index contributed by atoms with van der Waals surface area (Å²) < 4.78 is 20.8. The predicted octanol–water partition coefficient (Wildman–Crippen LogP) is 3.69. The van der Waals surface area contributed by atoms with Gasteiger partial charge in [-0.15, -0.1) is 17.0 Å². The second-order valence-corrected chi connectivity index (χ2v) is 7.78. The van der Waals surface area contributed by atoms with Crippen LogP contribution < -0.4 is 16.4 Å². The molecule has 0 unspecified atom stereocenters. The van der Waals surface area contributed by atoms with Gasteiger partial charge in [0.15, 0.2) is 11.5 Å². The van der Waals surface area contributed by atoms with Gasteiger partial charge in [0.05, 0.1) is 22.2 Å². The van der Waals surface area contributed by atoms with Crippen molar-refractivity contribution >= 4 is 39.7 Å². The molecule has 4 heterocycles. The fourth-order valence-corrected chi connectivity index (χ4v) is 4.08. The summed E-state index contributed by atoms with van der Waals surface area (Å²) in [5.74, 6) is 0.325. The van der Waals surface area contributed by atoms with E-state index in [-0.39, 0.29) is 57.1 Å². The Morgan fingerprint density at radius 2 is 2.00 bits per heavy atom. The number of aromatic hydroxyl groups is 1. The molecule has 5 rings (SSSR count). The molecule has 33 heavy (non-hydrogen) atoms. The molecule has 1 saturated heterocycles. The van der Waals surface area contributed by atoms with Gasteiger partial charge in [-0.2, -0.15) is 10.4 Å². The highest BCUT2D eigenvalue weighted by Gasteiger charge is 2.26. The number of nitrogens with one attached hydrogen (secondary N) is 1. The summed E-state index contributed by atoms with van der Waals surface area (Å²) in [6, 6.07) is 9.55. The van der Waals surface area contributed by atoms with Gasteiger partial charge in [-0.3, -0.25) is 5.10 Å². The van der Waals surface area contributed by atoms with Crippen LogP contribution in [0.15, 0.2) is 34.7 Å². The number of anilines is 2. The normalized spacial score (nSPS) is 14.3. The van der Waals surface area contributed by atoms with Crippen LogP contribution in [0.4, 0.5) is 16.1 Å². The Morgan fingerprint density at radius 1 is 1.24 bits per heavy atom. The largest absolute Gasteiger partial charge is 0.508 e. The number of piperidine rings is 1. The fourth-order valence-electron chi connectivity index (χ4n) is 4.08. The highest BCUT2D eigenvalue weighted by Crippen LogP contribution is 2.41. The fraction of sp³-hybridized carbons (Fsp3) is 0.227. The number of halogens is 2. The van der Waals surface area contributed by atoms with Gasteiger partial charge < -0.3 is 25.9 Å². The number of nitrogens with zero attached hydrogens (tertiary/aromatic N) is 4. The van der Waals surface area contributed by atoms with E-state index in [1.807, 2.05) is 6.07 Å². The van der Waals surface area contributed by atoms with Crippen LogP contribution in [0.1, 0.15) is 18.4 Å². The molecule has 0 spiro atoms. The van der Waals surface area contributed by atoms with Crippen LogP contribution in [0.25, 0.3) is 33.6 Å². The van der Waals surface area contributed by atoms with Crippen LogP contribution in [0.2, 0.25) is 0 Å². The first-order valence-electron chi connectivity index (χ1n) is 10.1. The Kier molecular flexibility index (Phi) is 5.97. The number of fused-ring (bicyclic) bond motifs is 1. The van der Waals surface area contributed by atoms with Gasteiger partial charge in [0.25, 0.3) is 0 Å². The minimum atomic E-state index is -0.715. The molecule has 4 aromatic rings. The number of aromatic nitrogens is 3. The molecule has 6 N–H and O–H groups in total. The number of phenolic OH excluding ortho intramolecular Hbond substituents is 1. The van der Waals surface area contributed by atoms with Gasteiger partial charge in [-0.25, -0.2) is 9.37 Å². The van der Waals surface area contributed by atoms with E-state index in [1.54, 1.807) is 6.07 Å². The number of nitrogen functional groups attached to an aromatic ring is 1. The lowest BCUT2D eigenvalue weighted by Crippen LogP contribution is -2.39. The van der Waals surface area contributed by atoms with Gasteiger partial charge in [0, 0.05) is 36.8 Å². The minimum absolute atomic E-state index is 0. The molecular formula is C22H21BrFN7O2. The number of nitriles is 1. The standard InChI is InChI=1S/C22H20FN7O2.BrH/c23-15-9-12(31)1-2-13(15)20-14(10-24)18(19-21(26)28-29-22(19)27-20)16-3-4-17(32-16)30-7-5-11(25)6-8-30;/h1-4,9,11,31H,5-8,25H2,(H3,26,27,28,29);1H. The zero-order chi connectivity index (χ0) is 22.4. The zero-order valence-electron chi connectivity index (χ0n) is 17.4. The highest BCUT2D eigenvalue weighted by molar-refractivity contribution is 8.93. The second-order valence-electron chi connectivity index (χ2n) is 7.78. The number of aromatic amines is 1. The molecule has 0 bridgehead atoms. The number of H-pyrrole nitrogens is 1. The van der Waals surface area contributed by atoms with Gasteiger partial charge in [0.2, 0.25) is 0 Å². The molecule has 0 aliphatic carbocycles. The number of nitrogens with two attached hydrogens (primary N) is 2. The molecule has 0 atom stereocenters. The van der Waals surface area contributed by atoms with Crippen molar-refractivity contribution in [3.05, 3.63) is 41.7 Å². The van der Waals surface area contributed by atoms with E-state index in [4.69, 9.17) is 15.9 Å². The van der Waals surface area contributed by atoms with E-state index >= 15 is 0 Å². The van der Waals surface area contributed by atoms with Crippen molar-refractivity contribution in [2.75, 3.05) is 23.7 Å². The van der Waals surface area contributed by atoms with Crippen molar-refractivity contribution < 1.29 is 13.9 Å². The summed E-state index contributed by atoms with van der Waals surface area (Å²) in [5.41, 5.74) is 12.9. The molecule has 11 heteroatoms. The molecule has 1 aromatic carbocycles. The third-order valence-electron chi connectivity index (χ3n) is 5.74. The Labute approximate surface area is 198 Å². The van der Waals surface area contributed by atoms with E-state index in [0.717, 1.165) is 32.0 Å². The summed E-state index contributed by atoms with van der Waals surface area (Å²) in [4.78, 5) is 6.48. The summed E-state index contributed by atoms with van der Waals surface area (Å²) in [5, 5.41) is 26.8. The molecule has 0 amide bonds. The van der Waals surface area contributed by atoms with Gasteiger partial charge in [0.1, 0.15) is 29.2 Å². The molecule has 0 saturated carbocycles. The van der Waals surface area contributed by atoms with Crippen LogP contribution in [0.3, 0.4) is 0 Å². The Bertz CT molecular complexity index is 1370. The Hall–Kier alpha value is -3.62. The second kappa shape index (κ2) is 8.73. The van der Waals surface area contributed by atoms with Crippen molar-refractivity contribution in [3.8, 4) is 34.4 Å². The molecule has 0 radical (unpaired) electrons. The van der Waals surface area contributed by atoms with Crippen LogP contribution in [-0.2, 0) is 0 Å². The quantitative estimate of drug-likeness (QED) is 0.323. The number of benzene rings is 1. The minimum Gasteiger partial charge on any atom is -0.508 e. The van der Waals surface area contributed by atoms with E-state index in [9.17, 15) is 14.8 Å². The molecular weight excluding hydrogens is 493 g/mol. The Morgan fingerprint density at radius 3 is 2.70 bits per heavy atom. The van der Waals surface area contributed by atoms with Crippen LogP contribution >= 0.6 is 17.0 Å². The van der Waals surface area contributed by atoms with Gasteiger partial charge >= 0.3 is 0 Å². The topological polar surface area (TPSA) is 154 Å². The predicted molar refractivity (Wildman–Crippen MR) is 128 cm³/mol. The number of rotatable bonds is 3. The van der Waals surface area contributed by atoms with Crippen molar-refractivity contribution in [2.45, 2.75) is 18.9 Å². The van der Waals surface area contributed by atoms with Crippen LogP contribution in [0.5, 0.6) is 5.75 Å². The first kappa shape index (κ1) is 22.6. The lowest BCUT2D eigenvalue weighted by Gasteiger charge is -2.29. The first-order valence-corrected chi connectivity index (χ1v) is 10.1. The summed E-state index contributed by atoms with van der Waals surface area (Å²) in [7, 11) is 0. The Balaban J connectivity index is 0.00000259. The monoisotopic (exact) mass is 513 g/mol. The number of hydrogen-bond donors (Lipinski definition) is 4. The molecule has 170 valence electrons. The number of hydrogen-bond acceptors (Lipinski definition) is 8. The van der Waals surface area contributed by atoms with E-state index in [0.29, 0.717) is 22.6 Å². The molecule has 9 nitrogen and oxygen atoms in total. The number of phenols is 1. The molecule has 3 aromatic heterocycles. The van der Waals surface area contributed by atoms with Crippen molar-refractivity contribution in [1.29, 1.82) is 5.26 Å². The molecule has 1 aliphatic rings. The van der Waals surface area contributed by atoms with E-state index in [1.165, 1.54) is 12.1 Å².